The standard InChI is InChI=1S/C16H14N2O3S/c1-21-15(20)12-8-5-9-13(10-12)17-16(22)18-14(19)11-6-3-2-4-7-11/h2-10H,1H3,(H2,17,18,19,22). The van der Waals surface area contributed by atoms with Crippen molar-refractivity contribution >= 4 is 34.9 Å². The van der Waals surface area contributed by atoms with Crippen LogP contribution in [0.25, 0.3) is 0 Å². The molecule has 0 saturated carbocycles. The second kappa shape index (κ2) is 7.33. The van der Waals surface area contributed by atoms with Gasteiger partial charge in [0.1, 0.15) is 0 Å². The molecule has 5 nitrogen and oxygen atoms in total. The van der Waals surface area contributed by atoms with Gasteiger partial charge < -0.3 is 10.1 Å². The van der Waals surface area contributed by atoms with E-state index in [9.17, 15) is 9.59 Å². The van der Waals surface area contributed by atoms with Gasteiger partial charge in [-0.3, -0.25) is 10.1 Å². The topological polar surface area (TPSA) is 67.4 Å². The van der Waals surface area contributed by atoms with Gasteiger partial charge in [-0.05, 0) is 42.5 Å². The molecular formula is C16H14N2O3S. The Balaban J connectivity index is 2.00. The molecule has 112 valence electrons. The number of rotatable bonds is 3. The number of esters is 1. The average molecular weight is 314 g/mol. The number of carbonyl (C=O) groups excluding carboxylic acids is 2. The van der Waals surface area contributed by atoms with E-state index in [1.165, 1.54) is 7.11 Å². The fourth-order valence-electron chi connectivity index (χ4n) is 1.77. The summed E-state index contributed by atoms with van der Waals surface area (Å²) in [6.45, 7) is 0. The third kappa shape index (κ3) is 4.13. The fraction of sp³-hybridized carbons (Fsp3) is 0.0625. The van der Waals surface area contributed by atoms with Crippen LogP contribution < -0.4 is 10.6 Å². The summed E-state index contributed by atoms with van der Waals surface area (Å²) in [5.74, 6) is -0.745. The van der Waals surface area contributed by atoms with Gasteiger partial charge in [-0.25, -0.2) is 4.79 Å². The van der Waals surface area contributed by atoms with Crippen molar-refractivity contribution in [3.8, 4) is 0 Å². The fourth-order valence-corrected chi connectivity index (χ4v) is 1.98. The Morgan fingerprint density at radius 2 is 1.68 bits per heavy atom. The number of methoxy groups -OCH3 is 1. The van der Waals surface area contributed by atoms with Crippen molar-refractivity contribution in [3.63, 3.8) is 0 Å². The monoisotopic (exact) mass is 314 g/mol. The lowest BCUT2D eigenvalue weighted by Gasteiger charge is -2.10. The zero-order chi connectivity index (χ0) is 15.9. The highest BCUT2D eigenvalue weighted by Crippen LogP contribution is 2.11. The molecule has 0 aliphatic rings. The lowest BCUT2D eigenvalue weighted by Crippen LogP contribution is -2.34. The number of benzene rings is 2. The molecule has 0 unspecified atom stereocenters. The smallest absolute Gasteiger partial charge is 0.337 e. The van der Waals surface area contributed by atoms with Gasteiger partial charge in [-0.1, -0.05) is 24.3 Å². The average Bonchev–Trinajstić information content (AvgIpc) is 2.55. The van der Waals surface area contributed by atoms with Gasteiger partial charge >= 0.3 is 5.97 Å². The molecule has 2 aromatic carbocycles. The number of ether oxygens (including phenoxy) is 1. The molecule has 0 aliphatic heterocycles. The molecule has 0 saturated heterocycles. The Bertz CT molecular complexity index is 702. The first-order valence-electron chi connectivity index (χ1n) is 6.46. The maximum absolute atomic E-state index is 12.0. The number of carbonyl (C=O) groups is 2. The molecule has 22 heavy (non-hydrogen) atoms. The first-order valence-corrected chi connectivity index (χ1v) is 6.87. The van der Waals surface area contributed by atoms with Gasteiger partial charge in [-0.15, -0.1) is 0 Å². The van der Waals surface area contributed by atoms with E-state index in [2.05, 4.69) is 15.4 Å². The maximum atomic E-state index is 12.0. The Morgan fingerprint density at radius 1 is 1.00 bits per heavy atom. The van der Waals surface area contributed by atoms with E-state index in [0.717, 1.165) is 0 Å². The lowest BCUT2D eigenvalue weighted by atomic mass is 10.2. The van der Waals surface area contributed by atoms with E-state index >= 15 is 0 Å². The Hall–Kier alpha value is -2.73. The van der Waals surface area contributed by atoms with Crippen LogP contribution in [-0.2, 0) is 4.74 Å². The number of hydrogen-bond donors (Lipinski definition) is 2. The molecule has 0 fully saturated rings. The molecule has 0 heterocycles. The highest BCUT2D eigenvalue weighted by Gasteiger charge is 2.09. The van der Waals surface area contributed by atoms with Crippen molar-refractivity contribution in [1.82, 2.24) is 5.32 Å². The summed E-state index contributed by atoms with van der Waals surface area (Å²) in [7, 11) is 1.31. The molecule has 0 bridgehead atoms. The summed E-state index contributed by atoms with van der Waals surface area (Å²) >= 11 is 5.09. The summed E-state index contributed by atoms with van der Waals surface area (Å²) in [5.41, 5.74) is 1.49. The lowest BCUT2D eigenvalue weighted by molar-refractivity contribution is 0.0600. The molecule has 0 aromatic heterocycles. The van der Waals surface area contributed by atoms with Crippen LogP contribution in [-0.4, -0.2) is 24.1 Å². The van der Waals surface area contributed by atoms with E-state index in [1.807, 2.05) is 6.07 Å². The van der Waals surface area contributed by atoms with Gasteiger partial charge in [0, 0.05) is 11.3 Å². The van der Waals surface area contributed by atoms with Crippen molar-refractivity contribution < 1.29 is 14.3 Å². The van der Waals surface area contributed by atoms with E-state index in [1.54, 1.807) is 48.5 Å². The first-order chi connectivity index (χ1) is 10.6. The number of hydrogen-bond acceptors (Lipinski definition) is 4. The molecule has 1 amide bonds. The minimum absolute atomic E-state index is 0.149. The molecule has 2 aromatic rings. The normalized spacial score (nSPS) is 9.68. The van der Waals surface area contributed by atoms with Crippen LogP contribution in [0.4, 0.5) is 5.69 Å². The predicted molar refractivity (Wildman–Crippen MR) is 87.9 cm³/mol. The summed E-state index contributed by atoms with van der Waals surface area (Å²) in [6.07, 6.45) is 0. The molecule has 0 aliphatic carbocycles. The van der Waals surface area contributed by atoms with E-state index in [0.29, 0.717) is 16.8 Å². The molecule has 0 radical (unpaired) electrons. The third-order valence-electron chi connectivity index (χ3n) is 2.80. The van der Waals surface area contributed by atoms with Gasteiger partial charge in [0.15, 0.2) is 5.11 Å². The van der Waals surface area contributed by atoms with Crippen molar-refractivity contribution in [2.75, 3.05) is 12.4 Å². The van der Waals surface area contributed by atoms with E-state index in [-0.39, 0.29) is 11.0 Å². The van der Waals surface area contributed by atoms with Crippen molar-refractivity contribution in [2.24, 2.45) is 0 Å². The van der Waals surface area contributed by atoms with Gasteiger partial charge in [-0.2, -0.15) is 0 Å². The van der Waals surface area contributed by atoms with E-state index in [4.69, 9.17) is 12.2 Å². The zero-order valence-electron chi connectivity index (χ0n) is 11.8. The van der Waals surface area contributed by atoms with Crippen LogP contribution in [0.1, 0.15) is 20.7 Å². The maximum Gasteiger partial charge on any atom is 0.337 e. The van der Waals surface area contributed by atoms with Crippen LogP contribution in [0, 0.1) is 0 Å². The quantitative estimate of drug-likeness (QED) is 0.673. The summed E-state index contributed by atoms with van der Waals surface area (Å²) in [4.78, 5) is 23.4. The largest absolute Gasteiger partial charge is 0.465 e. The molecule has 2 rings (SSSR count). The first kappa shape index (κ1) is 15.7. The summed E-state index contributed by atoms with van der Waals surface area (Å²) in [5, 5.41) is 5.58. The number of amides is 1. The molecule has 0 spiro atoms. The number of nitrogens with one attached hydrogen (secondary N) is 2. The van der Waals surface area contributed by atoms with Crippen molar-refractivity contribution in [1.29, 1.82) is 0 Å². The number of anilines is 1. The molecule has 6 heteroatoms. The van der Waals surface area contributed by atoms with Crippen LogP contribution in [0.5, 0.6) is 0 Å². The molecular weight excluding hydrogens is 300 g/mol. The molecule has 2 N–H and O–H groups in total. The van der Waals surface area contributed by atoms with E-state index < -0.39 is 5.97 Å². The van der Waals surface area contributed by atoms with Crippen LogP contribution in [0.3, 0.4) is 0 Å². The predicted octanol–water partition coefficient (Wildman–Crippen LogP) is 2.60. The van der Waals surface area contributed by atoms with Gasteiger partial charge in [0.05, 0.1) is 12.7 Å². The van der Waals surface area contributed by atoms with Crippen LogP contribution in [0.15, 0.2) is 54.6 Å². The highest BCUT2D eigenvalue weighted by atomic mass is 32.1. The zero-order valence-corrected chi connectivity index (χ0v) is 12.6. The Labute approximate surface area is 133 Å². The van der Waals surface area contributed by atoms with Gasteiger partial charge in [0.2, 0.25) is 0 Å². The number of thiocarbonyl (C=S) groups is 1. The highest BCUT2D eigenvalue weighted by molar-refractivity contribution is 7.80. The summed E-state index contributed by atoms with van der Waals surface area (Å²) < 4.78 is 4.65. The molecule has 0 atom stereocenters. The third-order valence-corrected chi connectivity index (χ3v) is 3.01. The Morgan fingerprint density at radius 3 is 2.36 bits per heavy atom. The van der Waals surface area contributed by atoms with Crippen molar-refractivity contribution in [2.45, 2.75) is 0 Å². The Kier molecular flexibility index (Phi) is 5.21. The summed E-state index contributed by atoms with van der Waals surface area (Å²) in [6, 6.07) is 15.4. The second-order valence-corrected chi connectivity index (χ2v) is 4.75. The minimum Gasteiger partial charge on any atom is -0.465 e. The minimum atomic E-state index is -0.442. The second-order valence-electron chi connectivity index (χ2n) is 4.35. The van der Waals surface area contributed by atoms with Crippen LogP contribution in [0.2, 0.25) is 0 Å². The van der Waals surface area contributed by atoms with Crippen molar-refractivity contribution in [3.05, 3.63) is 65.7 Å². The van der Waals surface area contributed by atoms with Crippen LogP contribution >= 0.6 is 12.2 Å². The van der Waals surface area contributed by atoms with Gasteiger partial charge in [0.25, 0.3) is 5.91 Å². The SMILES string of the molecule is COC(=O)c1cccc(NC(=S)NC(=O)c2ccccc2)c1.